The van der Waals surface area contributed by atoms with Gasteiger partial charge >= 0.3 is 0 Å². The van der Waals surface area contributed by atoms with Crippen molar-refractivity contribution in [2.75, 3.05) is 6.54 Å². The Morgan fingerprint density at radius 3 is 2.76 bits per heavy atom. The zero-order chi connectivity index (χ0) is 15.4. The Kier molecular flexibility index (Phi) is 5.67. The summed E-state index contributed by atoms with van der Waals surface area (Å²) in [6, 6.07) is 5.78. The monoisotopic (exact) mass is 371 g/mol. The quantitative estimate of drug-likeness (QED) is 0.844. The van der Waals surface area contributed by atoms with Crippen LogP contribution in [0.4, 0.5) is 0 Å². The molecule has 0 spiro atoms. The number of halogens is 2. The smallest absolute Gasteiger partial charge is 0.138 e. The van der Waals surface area contributed by atoms with Gasteiger partial charge in [0.05, 0.1) is 20.9 Å². The van der Waals surface area contributed by atoms with Crippen LogP contribution in [0.2, 0.25) is 5.02 Å². The third-order valence-electron chi connectivity index (χ3n) is 3.30. The van der Waals surface area contributed by atoms with E-state index < -0.39 is 0 Å². The van der Waals surface area contributed by atoms with Gasteiger partial charge < -0.3 is 10.5 Å². The number of nitrogens with two attached hydrogens (primary N) is 1. The maximum atomic E-state index is 6.24. The largest absolute Gasteiger partial charge is 0.486 e. The number of hydrogen-bond donors (Lipinski definition) is 1. The van der Waals surface area contributed by atoms with Crippen LogP contribution in [0.25, 0.3) is 0 Å². The van der Waals surface area contributed by atoms with Crippen LogP contribution in [0.1, 0.15) is 23.9 Å². The van der Waals surface area contributed by atoms with E-state index in [1.807, 2.05) is 29.9 Å². The molecule has 1 aromatic carbocycles. The first-order valence-electron chi connectivity index (χ1n) is 6.88. The van der Waals surface area contributed by atoms with Crippen molar-refractivity contribution >= 4 is 27.5 Å². The Morgan fingerprint density at radius 1 is 1.43 bits per heavy atom. The lowest BCUT2D eigenvalue weighted by molar-refractivity contribution is 0.294. The van der Waals surface area contributed by atoms with Gasteiger partial charge in [0.15, 0.2) is 0 Å². The Morgan fingerprint density at radius 2 is 2.19 bits per heavy atom. The number of ether oxygens (including phenoxy) is 1. The van der Waals surface area contributed by atoms with Gasteiger partial charge in [-0.25, -0.2) is 0 Å². The topological polar surface area (TPSA) is 53.1 Å². The molecule has 0 unspecified atom stereocenters. The van der Waals surface area contributed by atoms with Crippen LogP contribution in [0.15, 0.2) is 22.7 Å². The predicted octanol–water partition coefficient (Wildman–Crippen LogP) is 3.48. The van der Waals surface area contributed by atoms with Gasteiger partial charge in [0.25, 0.3) is 0 Å². The lowest BCUT2D eigenvalue weighted by Crippen LogP contribution is -2.05. The van der Waals surface area contributed by atoms with Gasteiger partial charge in [-0.15, -0.1) is 0 Å². The van der Waals surface area contributed by atoms with Crippen LogP contribution in [0, 0.1) is 0 Å². The fraction of sp³-hybridized carbons (Fsp3) is 0.400. The summed E-state index contributed by atoms with van der Waals surface area (Å²) in [4.78, 5) is 0. The fourth-order valence-corrected chi connectivity index (χ4v) is 3.09. The molecule has 114 valence electrons. The summed E-state index contributed by atoms with van der Waals surface area (Å²) in [7, 11) is 1.91. The first kappa shape index (κ1) is 16.3. The van der Waals surface area contributed by atoms with Crippen LogP contribution in [0.5, 0.6) is 5.75 Å². The molecule has 1 aromatic heterocycles. The number of aromatic nitrogens is 2. The third kappa shape index (κ3) is 3.78. The highest BCUT2D eigenvalue weighted by Crippen LogP contribution is 2.28. The van der Waals surface area contributed by atoms with Gasteiger partial charge in [0.1, 0.15) is 12.4 Å². The van der Waals surface area contributed by atoms with Crippen molar-refractivity contribution in [2.24, 2.45) is 12.8 Å². The number of aryl methyl sites for hydroxylation is 2. The SMILES string of the molecule is CCc1nn(C)c(COc2ccc(CCN)cc2Cl)c1Br. The molecule has 2 rings (SSSR count). The van der Waals surface area contributed by atoms with Crippen molar-refractivity contribution < 1.29 is 4.74 Å². The Labute approximate surface area is 138 Å². The molecular formula is C15H19BrClN3O. The van der Waals surface area contributed by atoms with Crippen LogP contribution < -0.4 is 10.5 Å². The van der Waals surface area contributed by atoms with E-state index >= 15 is 0 Å². The van der Waals surface area contributed by atoms with Gasteiger partial charge in [-0.3, -0.25) is 4.68 Å². The molecule has 2 aromatic rings. The van der Waals surface area contributed by atoms with Crippen molar-refractivity contribution in [3.8, 4) is 5.75 Å². The molecule has 4 nitrogen and oxygen atoms in total. The molecule has 0 saturated heterocycles. The summed E-state index contributed by atoms with van der Waals surface area (Å²) in [5.74, 6) is 0.670. The molecule has 0 atom stereocenters. The van der Waals surface area contributed by atoms with Crippen molar-refractivity contribution in [3.63, 3.8) is 0 Å². The molecule has 1 heterocycles. The average molecular weight is 373 g/mol. The number of nitrogens with zero attached hydrogens (tertiary/aromatic N) is 2. The summed E-state index contributed by atoms with van der Waals surface area (Å²) in [6.45, 7) is 3.10. The molecule has 0 fully saturated rings. The maximum Gasteiger partial charge on any atom is 0.138 e. The summed E-state index contributed by atoms with van der Waals surface area (Å²) in [6.07, 6.45) is 1.69. The standard InChI is InChI=1S/C15H19BrClN3O/c1-3-12-15(16)13(20(2)19-12)9-21-14-5-4-10(6-7-18)8-11(14)17/h4-5,8H,3,6-7,9,18H2,1-2H3. The molecule has 0 aliphatic rings. The molecular weight excluding hydrogens is 354 g/mol. The van der Waals surface area contributed by atoms with Crippen LogP contribution in [-0.4, -0.2) is 16.3 Å². The lowest BCUT2D eigenvalue weighted by atomic mass is 10.1. The van der Waals surface area contributed by atoms with E-state index in [2.05, 4.69) is 28.0 Å². The molecule has 2 N–H and O–H groups in total. The molecule has 0 bridgehead atoms. The van der Waals surface area contributed by atoms with Crippen molar-refractivity contribution in [1.29, 1.82) is 0 Å². The van der Waals surface area contributed by atoms with E-state index in [1.54, 1.807) is 0 Å². The molecule has 0 aliphatic carbocycles. The minimum absolute atomic E-state index is 0.417. The van der Waals surface area contributed by atoms with Crippen LogP contribution >= 0.6 is 27.5 Å². The zero-order valence-corrected chi connectivity index (χ0v) is 14.5. The van der Waals surface area contributed by atoms with E-state index in [9.17, 15) is 0 Å². The van der Waals surface area contributed by atoms with Crippen LogP contribution in [-0.2, 0) is 26.5 Å². The minimum atomic E-state index is 0.417. The van der Waals surface area contributed by atoms with Crippen molar-refractivity contribution in [1.82, 2.24) is 9.78 Å². The van der Waals surface area contributed by atoms with Crippen molar-refractivity contribution in [3.05, 3.63) is 44.6 Å². The third-order valence-corrected chi connectivity index (χ3v) is 4.51. The van der Waals surface area contributed by atoms with Crippen LogP contribution in [0.3, 0.4) is 0 Å². The van der Waals surface area contributed by atoms with Gasteiger partial charge in [-0.2, -0.15) is 5.10 Å². The molecule has 0 saturated carbocycles. The van der Waals surface area contributed by atoms with Gasteiger partial charge in [-0.1, -0.05) is 24.6 Å². The van der Waals surface area contributed by atoms with E-state index in [4.69, 9.17) is 22.1 Å². The highest BCUT2D eigenvalue weighted by atomic mass is 79.9. The second-order valence-electron chi connectivity index (χ2n) is 4.78. The maximum absolute atomic E-state index is 6.24. The van der Waals surface area contributed by atoms with Crippen molar-refractivity contribution in [2.45, 2.75) is 26.4 Å². The Hall–Kier alpha value is -1.04. The normalized spacial score (nSPS) is 10.9. The first-order valence-corrected chi connectivity index (χ1v) is 8.05. The van der Waals surface area contributed by atoms with Gasteiger partial charge in [-0.05, 0) is 53.0 Å². The predicted molar refractivity (Wildman–Crippen MR) is 88.8 cm³/mol. The van der Waals surface area contributed by atoms with E-state index in [-0.39, 0.29) is 0 Å². The molecule has 0 amide bonds. The van der Waals surface area contributed by atoms with Gasteiger partial charge in [0, 0.05) is 7.05 Å². The molecule has 0 aliphatic heterocycles. The minimum Gasteiger partial charge on any atom is -0.486 e. The molecule has 21 heavy (non-hydrogen) atoms. The summed E-state index contributed by atoms with van der Waals surface area (Å²) >= 11 is 9.82. The van der Waals surface area contributed by atoms with E-state index in [1.165, 1.54) is 0 Å². The Bertz CT molecular complexity index is 628. The zero-order valence-electron chi connectivity index (χ0n) is 12.2. The second-order valence-corrected chi connectivity index (χ2v) is 5.98. The lowest BCUT2D eigenvalue weighted by Gasteiger charge is -2.10. The number of hydrogen-bond acceptors (Lipinski definition) is 3. The van der Waals surface area contributed by atoms with E-state index in [0.717, 1.165) is 34.3 Å². The van der Waals surface area contributed by atoms with E-state index in [0.29, 0.717) is 23.9 Å². The first-order chi connectivity index (χ1) is 10.1. The van der Waals surface area contributed by atoms with Gasteiger partial charge in [0.2, 0.25) is 0 Å². The fourth-order valence-electron chi connectivity index (χ4n) is 2.11. The summed E-state index contributed by atoms with van der Waals surface area (Å²) in [5, 5.41) is 5.05. The molecule has 0 radical (unpaired) electrons. The highest BCUT2D eigenvalue weighted by molar-refractivity contribution is 9.10. The second kappa shape index (κ2) is 7.29. The summed E-state index contributed by atoms with van der Waals surface area (Å²) in [5.41, 5.74) is 8.68. The number of benzene rings is 1. The Balaban J connectivity index is 2.11. The average Bonchev–Trinajstić information content (AvgIpc) is 2.73. The molecule has 6 heteroatoms. The summed E-state index contributed by atoms with van der Waals surface area (Å²) < 4.78 is 8.66. The number of rotatable bonds is 6. The highest BCUT2D eigenvalue weighted by Gasteiger charge is 2.13.